The van der Waals surface area contributed by atoms with Gasteiger partial charge in [0.2, 0.25) is 0 Å². The number of rotatable bonds is 6. The van der Waals surface area contributed by atoms with Crippen molar-refractivity contribution in [1.82, 2.24) is 29.7 Å². The fraction of sp³-hybridized carbons (Fsp3) is 0.345. The summed E-state index contributed by atoms with van der Waals surface area (Å²) in [5.74, 6) is -0.123. The van der Waals surface area contributed by atoms with Gasteiger partial charge in [0.15, 0.2) is 0 Å². The molecule has 0 unspecified atom stereocenters. The molecule has 0 bridgehead atoms. The molecule has 3 heterocycles. The predicted molar refractivity (Wildman–Crippen MR) is 151 cm³/mol. The molecular formula is C29H31ClN6O3. The van der Waals surface area contributed by atoms with Crippen LogP contribution in [0.25, 0.3) is 16.7 Å². The first kappa shape index (κ1) is 26.6. The Morgan fingerprint density at radius 2 is 1.72 bits per heavy atom. The summed E-state index contributed by atoms with van der Waals surface area (Å²) in [5.41, 5.74) is 4.42. The van der Waals surface area contributed by atoms with Crippen molar-refractivity contribution in [3.63, 3.8) is 0 Å². The summed E-state index contributed by atoms with van der Waals surface area (Å²) in [6, 6.07) is 11.1. The first-order chi connectivity index (χ1) is 18.8. The summed E-state index contributed by atoms with van der Waals surface area (Å²) in [7, 11) is 1.56. The molecule has 1 saturated carbocycles. The molecule has 0 saturated heterocycles. The van der Waals surface area contributed by atoms with Crippen LogP contribution in [0.1, 0.15) is 57.8 Å². The molecule has 1 aliphatic carbocycles. The smallest absolute Gasteiger partial charge is 0.333 e. The number of pyridine rings is 2. The second-order valence-corrected chi connectivity index (χ2v) is 10.6. The van der Waals surface area contributed by atoms with E-state index in [0.29, 0.717) is 40.1 Å². The molecule has 1 aliphatic rings. The van der Waals surface area contributed by atoms with Gasteiger partial charge in [0.05, 0.1) is 39.2 Å². The van der Waals surface area contributed by atoms with E-state index in [2.05, 4.69) is 20.6 Å². The van der Waals surface area contributed by atoms with Gasteiger partial charge in [-0.1, -0.05) is 23.7 Å². The van der Waals surface area contributed by atoms with Crippen molar-refractivity contribution >= 4 is 34.4 Å². The molecule has 1 aromatic carbocycles. The number of hydrogen-bond donors (Lipinski definition) is 2. The Morgan fingerprint density at radius 1 is 1.00 bits per heavy atom. The number of amides is 2. The van der Waals surface area contributed by atoms with E-state index in [1.165, 1.54) is 6.20 Å². The molecule has 1 fully saturated rings. The van der Waals surface area contributed by atoms with Crippen LogP contribution in [0.15, 0.2) is 53.6 Å². The summed E-state index contributed by atoms with van der Waals surface area (Å²) >= 11 is 6.04. The molecule has 9 nitrogen and oxygen atoms in total. The van der Waals surface area contributed by atoms with E-state index in [1.54, 1.807) is 36.9 Å². The number of carbonyl (C=O) groups is 2. The third-order valence-corrected chi connectivity index (χ3v) is 7.75. The van der Waals surface area contributed by atoms with Gasteiger partial charge < -0.3 is 10.6 Å². The number of para-hydroxylation sites is 2. The lowest BCUT2D eigenvalue weighted by Gasteiger charge is -2.29. The lowest BCUT2D eigenvalue weighted by Crippen LogP contribution is -2.39. The maximum absolute atomic E-state index is 13.8. The third-order valence-electron chi connectivity index (χ3n) is 7.54. The number of nitrogens with one attached hydrogen (secondary N) is 2. The zero-order chi connectivity index (χ0) is 27.7. The second-order valence-electron chi connectivity index (χ2n) is 10.1. The van der Waals surface area contributed by atoms with Crippen LogP contribution in [0.3, 0.4) is 0 Å². The number of aromatic nitrogens is 4. The van der Waals surface area contributed by atoms with Crippen molar-refractivity contribution in [2.24, 2.45) is 5.92 Å². The number of aryl methyl sites for hydroxylation is 2. The summed E-state index contributed by atoms with van der Waals surface area (Å²) in [6.07, 6.45) is 6.58. The van der Waals surface area contributed by atoms with Crippen LogP contribution in [-0.2, 0) is 6.54 Å². The molecule has 0 radical (unpaired) electrons. The molecule has 0 atom stereocenters. The van der Waals surface area contributed by atoms with Crippen molar-refractivity contribution in [2.75, 3.05) is 7.05 Å². The topological polar surface area (TPSA) is 111 Å². The van der Waals surface area contributed by atoms with Crippen LogP contribution < -0.4 is 16.3 Å². The minimum atomic E-state index is -0.273. The van der Waals surface area contributed by atoms with Gasteiger partial charge in [0.1, 0.15) is 5.69 Å². The monoisotopic (exact) mass is 546 g/mol. The number of nitrogens with zero attached hydrogens (tertiary/aromatic N) is 4. The van der Waals surface area contributed by atoms with E-state index in [-0.39, 0.29) is 23.5 Å². The first-order valence-electron chi connectivity index (χ1n) is 13.1. The van der Waals surface area contributed by atoms with E-state index in [4.69, 9.17) is 11.6 Å². The largest absolute Gasteiger partial charge is 0.354 e. The zero-order valence-electron chi connectivity index (χ0n) is 22.2. The normalized spacial score (nSPS) is 17.2. The Hall–Kier alpha value is -3.98. The fourth-order valence-corrected chi connectivity index (χ4v) is 5.56. The van der Waals surface area contributed by atoms with Crippen molar-refractivity contribution in [3.05, 3.63) is 86.8 Å². The molecule has 4 aromatic rings. The quantitative estimate of drug-likeness (QED) is 0.376. The Labute approximate surface area is 231 Å². The van der Waals surface area contributed by atoms with Crippen LogP contribution in [0.5, 0.6) is 0 Å². The van der Waals surface area contributed by atoms with Gasteiger partial charge in [-0.05, 0) is 75.3 Å². The minimum Gasteiger partial charge on any atom is -0.354 e. The molecule has 2 N–H and O–H groups in total. The van der Waals surface area contributed by atoms with Crippen LogP contribution >= 0.6 is 11.6 Å². The highest BCUT2D eigenvalue weighted by molar-refractivity contribution is 6.30. The van der Waals surface area contributed by atoms with E-state index in [9.17, 15) is 14.4 Å². The molecule has 39 heavy (non-hydrogen) atoms. The minimum absolute atomic E-state index is 0.0674. The average Bonchev–Trinajstić information content (AvgIpc) is 3.21. The zero-order valence-corrected chi connectivity index (χ0v) is 23.0. The average molecular weight is 547 g/mol. The Morgan fingerprint density at radius 3 is 2.41 bits per heavy atom. The maximum atomic E-state index is 13.8. The van der Waals surface area contributed by atoms with Crippen LogP contribution in [-0.4, -0.2) is 44.0 Å². The number of benzene rings is 1. The number of fused-ring (bicyclic) bond motifs is 1. The number of imidazole rings is 1. The van der Waals surface area contributed by atoms with Gasteiger partial charge in [-0.3, -0.25) is 23.7 Å². The summed E-state index contributed by atoms with van der Waals surface area (Å²) in [5, 5.41) is 6.15. The van der Waals surface area contributed by atoms with Crippen LogP contribution in [0.4, 0.5) is 0 Å². The predicted octanol–water partition coefficient (Wildman–Crippen LogP) is 4.20. The molecule has 0 spiro atoms. The first-order valence-corrected chi connectivity index (χ1v) is 13.5. The lowest BCUT2D eigenvalue weighted by molar-refractivity contribution is 0.0917. The van der Waals surface area contributed by atoms with Gasteiger partial charge in [-0.15, -0.1) is 0 Å². The fourth-order valence-electron chi connectivity index (χ4n) is 5.40. The van der Waals surface area contributed by atoms with Crippen molar-refractivity contribution < 1.29 is 9.59 Å². The van der Waals surface area contributed by atoms with E-state index in [1.807, 2.05) is 35.8 Å². The second kappa shape index (κ2) is 11.0. The van der Waals surface area contributed by atoms with Gasteiger partial charge >= 0.3 is 5.69 Å². The van der Waals surface area contributed by atoms with Crippen molar-refractivity contribution in [1.29, 1.82) is 0 Å². The van der Waals surface area contributed by atoms with Gasteiger partial charge in [-0.25, -0.2) is 9.78 Å². The van der Waals surface area contributed by atoms with Crippen LogP contribution in [0, 0.1) is 19.8 Å². The molecule has 10 heteroatoms. The van der Waals surface area contributed by atoms with Gasteiger partial charge in [0.25, 0.3) is 11.8 Å². The Bertz CT molecular complexity index is 1620. The maximum Gasteiger partial charge on any atom is 0.333 e. The highest BCUT2D eigenvalue weighted by Crippen LogP contribution is 2.28. The standard InChI is InChI=1S/C29H31ClN6O3/c1-17-12-23(28(38)31-3)33-15-26(17)36-25-7-5-4-6-24(25)35(29(36)39)16-19-8-10-21(11-9-19)34-27(37)22-13-20(30)14-32-18(22)2/h4-7,12-15,19,21H,8-11,16H2,1-3H3,(H,31,38)(H,34,37). The molecule has 2 amide bonds. The van der Waals surface area contributed by atoms with Gasteiger partial charge in [-0.2, -0.15) is 0 Å². The van der Waals surface area contributed by atoms with Gasteiger partial charge in [0, 0.05) is 25.8 Å². The summed E-state index contributed by atoms with van der Waals surface area (Å²) in [6.45, 7) is 4.26. The Kier molecular flexibility index (Phi) is 7.52. The van der Waals surface area contributed by atoms with E-state index >= 15 is 0 Å². The van der Waals surface area contributed by atoms with Crippen molar-refractivity contribution in [3.8, 4) is 5.69 Å². The molecule has 0 aliphatic heterocycles. The number of halogens is 1. The molecule has 202 valence electrons. The molecule has 5 rings (SSSR count). The third kappa shape index (κ3) is 5.31. The number of hydrogen-bond acceptors (Lipinski definition) is 5. The number of carbonyl (C=O) groups excluding carboxylic acids is 2. The molecular weight excluding hydrogens is 516 g/mol. The Balaban J connectivity index is 1.34. The summed E-state index contributed by atoms with van der Waals surface area (Å²) in [4.78, 5) is 47.1. The highest BCUT2D eigenvalue weighted by atomic mass is 35.5. The van der Waals surface area contributed by atoms with E-state index in [0.717, 1.165) is 42.3 Å². The summed E-state index contributed by atoms with van der Waals surface area (Å²) < 4.78 is 3.52. The van der Waals surface area contributed by atoms with Crippen LogP contribution in [0.2, 0.25) is 5.02 Å². The lowest BCUT2D eigenvalue weighted by atomic mass is 9.85. The van der Waals surface area contributed by atoms with Crippen molar-refractivity contribution in [2.45, 2.75) is 52.1 Å². The highest BCUT2D eigenvalue weighted by Gasteiger charge is 2.26. The SMILES string of the molecule is CNC(=O)c1cc(C)c(-n2c(=O)n(CC3CCC(NC(=O)c4cc(Cl)cnc4C)CC3)c3ccccc32)cn1. The molecule has 3 aromatic heterocycles. The van der Waals surface area contributed by atoms with E-state index < -0.39 is 0 Å².